The van der Waals surface area contributed by atoms with E-state index in [1.807, 2.05) is 24.3 Å². The molecule has 1 saturated heterocycles. The summed E-state index contributed by atoms with van der Waals surface area (Å²) in [6.45, 7) is 1.35. The SMILES string of the molecule is N#CC1COCCN1C(=O)CCc1ccc(Br)cc1. The van der Waals surface area contributed by atoms with Crippen molar-refractivity contribution in [2.24, 2.45) is 0 Å². The number of nitriles is 1. The second kappa shape index (κ2) is 6.69. The summed E-state index contributed by atoms with van der Waals surface area (Å²) >= 11 is 3.38. The molecule has 0 N–H and O–H groups in total. The molecule has 1 aliphatic rings. The fraction of sp³-hybridized carbons (Fsp3) is 0.429. The number of hydrogen-bond donors (Lipinski definition) is 0. The second-order valence-electron chi connectivity index (χ2n) is 4.43. The normalized spacial score (nSPS) is 18.9. The van der Waals surface area contributed by atoms with Crippen LogP contribution in [-0.4, -0.2) is 36.6 Å². The zero-order chi connectivity index (χ0) is 13.7. The Bertz CT molecular complexity index is 481. The summed E-state index contributed by atoms with van der Waals surface area (Å²) in [5.74, 6) is 0.0257. The first kappa shape index (κ1) is 14.0. The molecule has 1 atom stereocenters. The van der Waals surface area contributed by atoms with Crippen molar-refractivity contribution in [1.82, 2.24) is 4.90 Å². The molecule has 1 aromatic rings. The maximum Gasteiger partial charge on any atom is 0.224 e. The number of morpholine rings is 1. The fourth-order valence-corrected chi connectivity index (χ4v) is 2.32. The number of aryl methyl sites for hydroxylation is 1. The number of halogens is 1. The topological polar surface area (TPSA) is 53.3 Å². The molecule has 1 unspecified atom stereocenters. The lowest BCUT2D eigenvalue weighted by Gasteiger charge is -2.31. The highest BCUT2D eigenvalue weighted by atomic mass is 79.9. The molecule has 1 fully saturated rings. The number of carbonyl (C=O) groups excluding carboxylic acids is 1. The van der Waals surface area contributed by atoms with Crippen molar-refractivity contribution < 1.29 is 9.53 Å². The molecule has 0 radical (unpaired) electrons. The summed E-state index contributed by atoms with van der Waals surface area (Å²) in [5.41, 5.74) is 1.12. The van der Waals surface area contributed by atoms with Crippen LogP contribution in [0.5, 0.6) is 0 Å². The summed E-state index contributed by atoms with van der Waals surface area (Å²) in [6, 6.07) is 9.60. The molecular weight excluding hydrogens is 308 g/mol. The lowest BCUT2D eigenvalue weighted by molar-refractivity contribution is -0.137. The van der Waals surface area contributed by atoms with Gasteiger partial charge in [-0.05, 0) is 24.1 Å². The van der Waals surface area contributed by atoms with Crippen LogP contribution in [0, 0.1) is 11.3 Å². The third kappa shape index (κ3) is 3.79. The summed E-state index contributed by atoms with van der Waals surface area (Å²) in [4.78, 5) is 13.7. The quantitative estimate of drug-likeness (QED) is 0.856. The standard InChI is InChI=1S/C14H15BrN2O2/c15-12-4-1-11(2-5-12)3-6-14(18)17-7-8-19-10-13(17)9-16/h1-2,4-5,13H,3,6-8,10H2. The molecule has 4 nitrogen and oxygen atoms in total. The van der Waals surface area contributed by atoms with Gasteiger partial charge >= 0.3 is 0 Å². The van der Waals surface area contributed by atoms with Gasteiger partial charge in [0.1, 0.15) is 6.04 Å². The van der Waals surface area contributed by atoms with Gasteiger partial charge in [0.25, 0.3) is 0 Å². The third-order valence-electron chi connectivity index (χ3n) is 3.14. The Balaban J connectivity index is 1.90. The highest BCUT2D eigenvalue weighted by molar-refractivity contribution is 9.10. The predicted molar refractivity (Wildman–Crippen MR) is 74.4 cm³/mol. The lowest BCUT2D eigenvalue weighted by atomic mass is 10.1. The van der Waals surface area contributed by atoms with E-state index in [0.717, 1.165) is 10.0 Å². The fourth-order valence-electron chi connectivity index (χ4n) is 2.06. The maximum atomic E-state index is 12.1. The molecule has 0 aliphatic carbocycles. The smallest absolute Gasteiger partial charge is 0.224 e. The Morgan fingerprint density at radius 3 is 2.89 bits per heavy atom. The van der Waals surface area contributed by atoms with Gasteiger partial charge in [-0.25, -0.2) is 0 Å². The van der Waals surface area contributed by atoms with E-state index in [9.17, 15) is 4.79 Å². The van der Waals surface area contributed by atoms with Crippen molar-refractivity contribution in [3.63, 3.8) is 0 Å². The Morgan fingerprint density at radius 2 is 2.21 bits per heavy atom. The lowest BCUT2D eigenvalue weighted by Crippen LogP contribution is -2.48. The maximum absolute atomic E-state index is 12.1. The van der Waals surface area contributed by atoms with Gasteiger partial charge in [0.05, 0.1) is 19.3 Å². The van der Waals surface area contributed by atoms with Crippen LogP contribution in [0.2, 0.25) is 0 Å². The van der Waals surface area contributed by atoms with E-state index in [2.05, 4.69) is 22.0 Å². The number of amides is 1. The first-order valence-electron chi connectivity index (χ1n) is 6.22. The van der Waals surface area contributed by atoms with E-state index in [-0.39, 0.29) is 5.91 Å². The van der Waals surface area contributed by atoms with Crippen LogP contribution in [0.3, 0.4) is 0 Å². The van der Waals surface area contributed by atoms with E-state index in [0.29, 0.717) is 32.6 Å². The molecule has 0 bridgehead atoms. The van der Waals surface area contributed by atoms with Crippen LogP contribution < -0.4 is 0 Å². The van der Waals surface area contributed by atoms with Crippen LogP contribution in [0.15, 0.2) is 28.7 Å². The van der Waals surface area contributed by atoms with E-state index < -0.39 is 6.04 Å². The van der Waals surface area contributed by atoms with Gasteiger partial charge in [-0.2, -0.15) is 5.26 Å². The van der Waals surface area contributed by atoms with E-state index in [4.69, 9.17) is 10.00 Å². The summed E-state index contributed by atoms with van der Waals surface area (Å²) in [7, 11) is 0. The van der Waals surface area contributed by atoms with Gasteiger partial charge < -0.3 is 9.64 Å². The van der Waals surface area contributed by atoms with Gasteiger partial charge in [-0.15, -0.1) is 0 Å². The molecule has 5 heteroatoms. The molecule has 2 rings (SSSR count). The molecule has 100 valence electrons. The Labute approximate surface area is 121 Å². The summed E-state index contributed by atoms with van der Waals surface area (Å²) in [6.07, 6.45) is 1.13. The predicted octanol–water partition coefficient (Wildman–Crippen LogP) is 2.13. The van der Waals surface area contributed by atoms with Crippen LogP contribution in [0.4, 0.5) is 0 Å². The van der Waals surface area contributed by atoms with Gasteiger partial charge in [-0.1, -0.05) is 28.1 Å². The molecule has 1 aliphatic heterocycles. The number of nitrogens with zero attached hydrogens (tertiary/aromatic N) is 2. The van der Waals surface area contributed by atoms with Crippen molar-refractivity contribution in [2.75, 3.05) is 19.8 Å². The van der Waals surface area contributed by atoms with Crippen molar-refractivity contribution >= 4 is 21.8 Å². The van der Waals surface area contributed by atoms with E-state index in [1.54, 1.807) is 4.90 Å². The Kier molecular flexibility index (Phi) is 4.94. The third-order valence-corrected chi connectivity index (χ3v) is 3.67. The highest BCUT2D eigenvalue weighted by Gasteiger charge is 2.26. The zero-order valence-electron chi connectivity index (χ0n) is 10.5. The Hall–Kier alpha value is -1.38. The first-order chi connectivity index (χ1) is 9.20. The largest absolute Gasteiger partial charge is 0.376 e. The molecule has 1 amide bonds. The van der Waals surface area contributed by atoms with Crippen molar-refractivity contribution in [1.29, 1.82) is 5.26 Å². The molecular formula is C14H15BrN2O2. The molecule has 0 spiro atoms. The number of ether oxygens (including phenoxy) is 1. The second-order valence-corrected chi connectivity index (χ2v) is 5.35. The van der Waals surface area contributed by atoms with Crippen molar-refractivity contribution in [2.45, 2.75) is 18.9 Å². The Morgan fingerprint density at radius 1 is 1.47 bits per heavy atom. The average molecular weight is 323 g/mol. The van der Waals surface area contributed by atoms with E-state index >= 15 is 0 Å². The van der Waals surface area contributed by atoms with Crippen molar-refractivity contribution in [3.8, 4) is 6.07 Å². The minimum Gasteiger partial charge on any atom is -0.376 e. The van der Waals surface area contributed by atoms with Gasteiger partial charge in [0, 0.05) is 17.4 Å². The number of hydrogen-bond acceptors (Lipinski definition) is 3. The summed E-state index contributed by atoms with van der Waals surface area (Å²) in [5, 5.41) is 9.00. The number of rotatable bonds is 3. The van der Waals surface area contributed by atoms with Gasteiger partial charge in [0.15, 0.2) is 0 Å². The van der Waals surface area contributed by atoms with Crippen LogP contribution in [0.1, 0.15) is 12.0 Å². The van der Waals surface area contributed by atoms with Crippen LogP contribution in [0.25, 0.3) is 0 Å². The van der Waals surface area contributed by atoms with Gasteiger partial charge in [0.2, 0.25) is 5.91 Å². The monoisotopic (exact) mass is 322 g/mol. The minimum atomic E-state index is -0.439. The average Bonchev–Trinajstić information content (AvgIpc) is 2.46. The van der Waals surface area contributed by atoms with Crippen LogP contribution >= 0.6 is 15.9 Å². The molecule has 1 aromatic carbocycles. The molecule has 0 saturated carbocycles. The zero-order valence-corrected chi connectivity index (χ0v) is 12.1. The molecule has 19 heavy (non-hydrogen) atoms. The molecule has 0 aromatic heterocycles. The number of benzene rings is 1. The van der Waals surface area contributed by atoms with Crippen molar-refractivity contribution in [3.05, 3.63) is 34.3 Å². The summed E-state index contributed by atoms with van der Waals surface area (Å²) < 4.78 is 6.24. The first-order valence-corrected chi connectivity index (χ1v) is 7.01. The van der Waals surface area contributed by atoms with Crippen LogP contribution in [-0.2, 0) is 16.0 Å². The highest BCUT2D eigenvalue weighted by Crippen LogP contribution is 2.14. The molecule has 1 heterocycles. The van der Waals surface area contributed by atoms with E-state index in [1.165, 1.54) is 0 Å². The minimum absolute atomic E-state index is 0.0257. The number of carbonyl (C=O) groups is 1. The van der Waals surface area contributed by atoms with Gasteiger partial charge in [-0.3, -0.25) is 4.79 Å².